The van der Waals surface area contributed by atoms with Crippen LogP contribution in [0.25, 0.3) is 11.8 Å². The van der Waals surface area contributed by atoms with Crippen molar-refractivity contribution in [3.8, 4) is 0 Å². The number of benzene rings is 2. The maximum atomic E-state index is 11.1. The Balaban J connectivity index is 2.09. The number of carbonyl (C=O) groups is 1. The van der Waals surface area contributed by atoms with E-state index in [9.17, 15) is 4.79 Å². The molecule has 3 rings (SSSR count). The van der Waals surface area contributed by atoms with E-state index in [-0.39, 0.29) is 0 Å². The SMILES string of the molecule is O=CC1OC(=Cc2ccccc2)c2cc(Br)ccc21. The fraction of sp³-hybridized carbons (Fsp3) is 0.0625. The van der Waals surface area contributed by atoms with E-state index in [0.29, 0.717) is 0 Å². The van der Waals surface area contributed by atoms with Crippen molar-refractivity contribution >= 4 is 34.1 Å². The Kier molecular flexibility index (Phi) is 3.22. The number of hydrogen-bond acceptors (Lipinski definition) is 2. The molecule has 0 amide bonds. The lowest BCUT2D eigenvalue weighted by Crippen LogP contribution is -1.95. The molecule has 0 aliphatic carbocycles. The highest BCUT2D eigenvalue weighted by atomic mass is 79.9. The standard InChI is InChI=1S/C16H11BrO2/c17-12-6-7-13-14(9-12)15(19-16(13)10-18)8-11-4-2-1-3-5-11/h1-10,16H. The zero-order chi connectivity index (χ0) is 13.2. The van der Waals surface area contributed by atoms with Gasteiger partial charge in [0.15, 0.2) is 12.4 Å². The minimum absolute atomic E-state index is 0.502. The summed E-state index contributed by atoms with van der Waals surface area (Å²) in [6.45, 7) is 0. The van der Waals surface area contributed by atoms with Crippen LogP contribution < -0.4 is 0 Å². The van der Waals surface area contributed by atoms with Crippen molar-refractivity contribution < 1.29 is 9.53 Å². The molecule has 1 aliphatic heterocycles. The average molecular weight is 315 g/mol. The first-order valence-electron chi connectivity index (χ1n) is 5.96. The molecule has 1 heterocycles. The van der Waals surface area contributed by atoms with Crippen molar-refractivity contribution in [2.45, 2.75) is 6.10 Å². The molecule has 0 aromatic heterocycles. The molecule has 0 radical (unpaired) electrons. The van der Waals surface area contributed by atoms with Crippen molar-refractivity contribution in [1.82, 2.24) is 0 Å². The lowest BCUT2D eigenvalue weighted by Gasteiger charge is -2.03. The Morgan fingerprint density at radius 3 is 2.63 bits per heavy atom. The molecular formula is C16H11BrO2. The zero-order valence-electron chi connectivity index (χ0n) is 10.0. The summed E-state index contributed by atoms with van der Waals surface area (Å²) in [5.74, 6) is 0.736. The van der Waals surface area contributed by atoms with Crippen LogP contribution >= 0.6 is 15.9 Å². The third-order valence-corrected chi connectivity index (χ3v) is 3.56. The van der Waals surface area contributed by atoms with Crippen LogP contribution in [0.5, 0.6) is 0 Å². The number of aldehydes is 1. The third kappa shape index (κ3) is 2.34. The monoisotopic (exact) mass is 314 g/mol. The summed E-state index contributed by atoms with van der Waals surface area (Å²) in [4.78, 5) is 11.1. The Morgan fingerprint density at radius 2 is 1.89 bits per heavy atom. The largest absolute Gasteiger partial charge is 0.478 e. The summed E-state index contributed by atoms with van der Waals surface area (Å²) in [7, 11) is 0. The van der Waals surface area contributed by atoms with Crippen molar-refractivity contribution in [3.63, 3.8) is 0 Å². The summed E-state index contributed by atoms with van der Waals surface area (Å²) in [5.41, 5.74) is 2.94. The number of fused-ring (bicyclic) bond motifs is 1. The molecule has 2 aromatic rings. The first-order valence-corrected chi connectivity index (χ1v) is 6.76. The molecule has 94 valence electrons. The Labute approximate surface area is 119 Å². The Hall–Kier alpha value is -1.87. The molecule has 19 heavy (non-hydrogen) atoms. The first kappa shape index (κ1) is 12.2. The van der Waals surface area contributed by atoms with Crippen LogP contribution in [0.4, 0.5) is 0 Å². The maximum absolute atomic E-state index is 11.1. The number of hydrogen-bond donors (Lipinski definition) is 0. The summed E-state index contributed by atoms with van der Waals surface area (Å²) >= 11 is 3.45. The topological polar surface area (TPSA) is 26.3 Å². The normalized spacial score (nSPS) is 19.0. The predicted octanol–water partition coefficient (Wildman–Crippen LogP) is 4.22. The number of rotatable bonds is 2. The van der Waals surface area contributed by atoms with Gasteiger partial charge in [-0.2, -0.15) is 0 Å². The van der Waals surface area contributed by atoms with Gasteiger partial charge in [0.2, 0.25) is 0 Å². The lowest BCUT2D eigenvalue weighted by atomic mass is 10.0. The summed E-state index contributed by atoms with van der Waals surface area (Å²) in [6, 6.07) is 15.7. The van der Waals surface area contributed by atoms with Crippen molar-refractivity contribution in [2.24, 2.45) is 0 Å². The fourth-order valence-electron chi connectivity index (χ4n) is 2.17. The van der Waals surface area contributed by atoms with Crippen LogP contribution in [0.1, 0.15) is 22.8 Å². The van der Waals surface area contributed by atoms with Crippen LogP contribution in [0.15, 0.2) is 53.0 Å². The molecule has 0 bridgehead atoms. The van der Waals surface area contributed by atoms with E-state index in [4.69, 9.17) is 4.74 Å². The molecule has 0 spiro atoms. The molecule has 0 saturated heterocycles. The highest BCUT2D eigenvalue weighted by Gasteiger charge is 2.27. The fourth-order valence-corrected chi connectivity index (χ4v) is 2.53. The highest BCUT2D eigenvalue weighted by Crippen LogP contribution is 2.39. The summed E-state index contributed by atoms with van der Waals surface area (Å²) in [5, 5.41) is 0. The van der Waals surface area contributed by atoms with Gasteiger partial charge in [0.25, 0.3) is 0 Å². The molecule has 3 heteroatoms. The van der Waals surface area contributed by atoms with E-state index < -0.39 is 6.10 Å². The van der Waals surface area contributed by atoms with Crippen molar-refractivity contribution in [1.29, 1.82) is 0 Å². The van der Waals surface area contributed by atoms with Crippen LogP contribution in [0.3, 0.4) is 0 Å². The zero-order valence-corrected chi connectivity index (χ0v) is 11.6. The van der Waals surface area contributed by atoms with Crippen molar-refractivity contribution in [3.05, 3.63) is 69.7 Å². The van der Waals surface area contributed by atoms with Crippen LogP contribution in [0.2, 0.25) is 0 Å². The molecule has 1 aliphatic rings. The van der Waals surface area contributed by atoms with E-state index in [1.54, 1.807) is 0 Å². The van der Waals surface area contributed by atoms with Gasteiger partial charge in [-0.05, 0) is 23.8 Å². The average Bonchev–Trinajstić information content (AvgIpc) is 2.77. The van der Waals surface area contributed by atoms with Gasteiger partial charge in [0.05, 0.1) is 0 Å². The lowest BCUT2D eigenvalue weighted by molar-refractivity contribution is -0.114. The second-order valence-electron chi connectivity index (χ2n) is 4.33. The summed E-state index contributed by atoms with van der Waals surface area (Å²) in [6.07, 6.45) is 2.28. The minimum Gasteiger partial charge on any atom is -0.478 e. The van der Waals surface area contributed by atoms with Gasteiger partial charge in [0.1, 0.15) is 5.76 Å². The second kappa shape index (κ2) is 5.02. The molecule has 2 nitrogen and oxygen atoms in total. The van der Waals surface area contributed by atoms with Crippen LogP contribution in [-0.4, -0.2) is 6.29 Å². The quantitative estimate of drug-likeness (QED) is 0.776. The maximum Gasteiger partial charge on any atom is 0.179 e. The first-order chi connectivity index (χ1) is 9.28. The molecular weight excluding hydrogens is 304 g/mol. The molecule has 0 saturated carbocycles. The minimum atomic E-state index is -0.502. The predicted molar refractivity (Wildman–Crippen MR) is 78.3 cm³/mol. The van der Waals surface area contributed by atoms with Crippen molar-refractivity contribution in [2.75, 3.05) is 0 Å². The van der Waals surface area contributed by atoms with Gasteiger partial charge >= 0.3 is 0 Å². The Morgan fingerprint density at radius 1 is 1.11 bits per heavy atom. The van der Waals surface area contributed by atoms with E-state index >= 15 is 0 Å². The van der Waals surface area contributed by atoms with Gasteiger partial charge in [-0.25, -0.2) is 0 Å². The van der Waals surface area contributed by atoms with Gasteiger partial charge in [0, 0.05) is 15.6 Å². The van der Waals surface area contributed by atoms with Crippen LogP contribution in [-0.2, 0) is 9.53 Å². The highest BCUT2D eigenvalue weighted by molar-refractivity contribution is 9.10. The Bertz CT molecular complexity index is 647. The van der Waals surface area contributed by atoms with Gasteiger partial charge in [-0.15, -0.1) is 0 Å². The number of carbonyl (C=O) groups excluding carboxylic acids is 1. The van der Waals surface area contributed by atoms with E-state index in [0.717, 1.165) is 33.2 Å². The van der Waals surface area contributed by atoms with Gasteiger partial charge in [-0.3, -0.25) is 4.79 Å². The molecule has 2 aromatic carbocycles. The van der Waals surface area contributed by atoms with Gasteiger partial charge in [-0.1, -0.05) is 52.3 Å². The molecule has 1 atom stereocenters. The van der Waals surface area contributed by atoms with E-state index in [1.807, 2.05) is 54.6 Å². The molecule has 0 N–H and O–H groups in total. The van der Waals surface area contributed by atoms with Crippen LogP contribution in [0, 0.1) is 0 Å². The smallest absolute Gasteiger partial charge is 0.179 e. The second-order valence-corrected chi connectivity index (χ2v) is 5.24. The van der Waals surface area contributed by atoms with Gasteiger partial charge < -0.3 is 4.74 Å². The number of halogens is 1. The third-order valence-electron chi connectivity index (χ3n) is 3.06. The van der Waals surface area contributed by atoms with E-state index in [1.165, 1.54) is 0 Å². The molecule has 1 unspecified atom stereocenters. The number of ether oxygens (including phenoxy) is 1. The van der Waals surface area contributed by atoms with E-state index in [2.05, 4.69) is 15.9 Å². The summed E-state index contributed by atoms with van der Waals surface area (Å²) < 4.78 is 6.68. The molecule has 0 fully saturated rings.